The molecule has 0 spiro atoms. The highest BCUT2D eigenvalue weighted by molar-refractivity contribution is 8.18. The van der Waals surface area contributed by atoms with Gasteiger partial charge in [0, 0.05) is 12.4 Å². The Hall–Kier alpha value is -2.11. The van der Waals surface area contributed by atoms with Crippen molar-refractivity contribution in [3.8, 4) is 0 Å². The van der Waals surface area contributed by atoms with E-state index in [1.165, 1.54) is 11.8 Å². The highest BCUT2D eigenvalue weighted by Gasteiger charge is 2.23. The lowest BCUT2D eigenvalue weighted by atomic mass is 10.2. The average Bonchev–Trinajstić information content (AvgIpc) is 2.82. The number of thioether (sulfide) groups is 1. The molecular formula is C15H10ClN3OS. The fraction of sp³-hybridized carbons (Fsp3) is 0. The maximum Gasteiger partial charge on any atom is 0.264 e. The van der Waals surface area contributed by atoms with Crippen LogP contribution in [0.15, 0.2) is 58.7 Å². The highest BCUT2D eigenvalue weighted by Crippen LogP contribution is 2.30. The molecule has 3 rings (SSSR count). The lowest BCUT2D eigenvalue weighted by molar-refractivity contribution is -0.115. The first-order valence-corrected chi connectivity index (χ1v) is 7.36. The number of aromatic nitrogens is 1. The van der Waals surface area contributed by atoms with Crippen molar-refractivity contribution in [2.45, 2.75) is 0 Å². The first-order valence-electron chi connectivity index (χ1n) is 6.16. The Morgan fingerprint density at radius 2 is 2.10 bits per heavy atom. The molecule has 2 heterocycles. The summed E-state index contributed by atoms with van der Waals surface area (Å²) in [5.74, 6) is -0.172. The highest BCUT2D eigenvalue weighted by atomic mass is 35.5. The molecule has 104 valence electrons. The normalized spacial score (nSPS) is 18.2. The van der Waals surface area contributed by atoms with E-state index in [4.69, 9.17) is 11.6 Å². The molecule has 0 radical (unpaired) electrons. The number of halogens is 1. The fourth-order valence-electron chi connectivity index (χ4n) is 1.75. The van der Waals surface area contributed by atoms with Gasteiger partial charge in [0.1, 0.15) is 0 Å². The third-order valence-electron chi connectivity index (χ3n) is 2.71. The second kappa shape index (κ2) is 6.11. The average molecular weight is 316 g/mol. The van der Waals surface area contributed by atoms with E-state index >= 15 is 0 Å². The van der Waals surface area contributed by atoms with Gasteiger partial charge in [-0.25, -0.2) is 4.99 Å². The number of carbonyl (C=O) groups excluding carboxylic acids is 1. The molecule has 1 aromatic carbocycles. The van der Waals surface area contributed by atoms with Crippen LogP contribution >= 0.6 is 23.4 Å². The van der Waals surface area contributed by atoms with Crippen LogP contribution < -0.4 is 5.32 Å². The summed E-state index contributed by atoms with van der Waals surface area (Å²) in [4.78, 5) is 20.9. The standard InChI is InChI=1S/C15H10ClN3OS/c16-11-5-1-2-6-12(11)18-15-19-14(20)13(21-15)8-10-4-3-7-17-9-10/h1-9H,(H,18,19,20). The van der Waals surface area contributed by atoms with Crippen LogP contribution in [0.25, 0.3) is 6.08 Å². The zero-order valence-electron chi connectivity index (χ0n) is 10.8. The van der Waals surface area contributed by atoms with E-state index < -0.39 is 0 Å². The second-order valence-electron chi connectivity index (χ2n) is 4.22. The molecule has 0 bridgehead atoms. The number of nitrogens with one attached hydrogen (secondary N) is 1. The Morgan fingerprint density at radius 3 is 2.86 bits per heavy atom. The minimum Gasteiger partial charge on any atom is -0.300 e. The van der Waals surface area contributed by atoms with Crippen LogP contribution in [0.2, 0.25) is 5.02 Å². The van der Waals surface area contributed by atoms with Crippen molar-refractivity contribution in [1.82, 2.24) is 10.3 Å². The van der Waals surface area contributed by atoms with Crippen LogP contribution in [0, 0.1) is 0 Å². The molecule has 1 fully saturated rings. The number of para-hydroxylation sites is 1. The molecule has 1 N–H and O–H groups in total. The summed E-state index contributed by atoms with van der Waals surface area (Å²) < 4.78 is 0. The molecular weight excluding hydrogens is 306 g/mol. The Labute approximate surface area is 131 Å². The van der Waals surface area contributed by atoms with Crippen molar-refractivity contribution < 1.29 is 4.79 Å². The zero-order chi connectivity index (χ0) is 14.7. The van der Waals surface area contributed by atoms with Crippen LogP contribution in [0.1, 0.15) is 5.56 Å². The van der Waals surface area contributed by atoms with Gasteiger partial charge in [0.2, 0.25) is 0 Å². The van der Waals surface area contributed by atoms with Crippen molar-refractivity contribution in [2.75, 3.05) is 0 Å². The molecule has 0 aliphatic carbocycles. The molecule has 6 heteroatoms. The number of rotatable bonds is 2. The first kappa shape index (κ1) is 13.9. The summed E-state index contributed by atoms with van der Waals surface area (Å²) in [7, 11) is 0. The second-order valence-corrected chi connectivity index (χ2v) is 5.66. The molecule has 1 saturated heterocycles. The van der Waals surface area contributed by atoms with E-state index in [0.717, 1.165) is 5.56 Å². The fourth-order valence-corrected chi connectivity index (χ4v) is 2.76. The van der Waals surface area contributed by atoms with Crippen molar-refractivity contribution in [2.24, 2.45) is 4.99 Å². The molecule has 0 atom stereocenters. The van der Waals surface area contributed by atoms with Gasteiger partial charge in [-0.15, -0.1) is 0 Å². The Balaban J connectivity index is 1.85. The van der Waals surface area contributed by atoms with Gasteiger partial charge in [0.15, 0.2) is 5.17 Å². The molecule has 1 aliphatic rings. The van der Waals surface area contributed by atoms with Crippen LogP contribution in [0.4, 0.5) is 5.69 Å². The summed E-state index contributed by atoms with van der Waals surface area (Å²) >= 11 is 7.33. The van der Waals surface area contributed by atoms with Gasteiger partial charge in [-0.2, -0.15) is 0 Å². The zero-order valence-corrected chi connectivity index (χ0v) is 12.4. The summed E-state index contributed by atoms with van der Waals surface area (Å²) in [5.41, 5.74) is 1.50. The summed E-state index contributed by atoms with van der Waals surface area (Å²) in [6.45, 7) is 0. The number of nitrogens with zero attached hydrogens (tertiary/aromatic N) is 2. The van der Waals surface area contributed by atoms with Gasteiger partial charge >= 0.3 is 0 Å². The summed E-state index contributed by atoms with van der Waals surface area (Å²) in [6.07, 6.45) is 5.17. The van der Waals surface area contributed by atoms with Gasteiger partial charge in [-0.1, -0.05) is 29.8 Å². The SMILES string of the molecule is O=C1NC(=Nc2ccccc2Cl)SC1=Cc1cccnc1. The smallest absolute Gasteiger partial charge is 0.264 e. The van der Waals surface area contributed by atoms with E-state index in [2.05, 4.69) is 15.3 Å². The minimum atomic E-state index is -0.172. The monoisotopic (exact) mass is 315 g/mol. The van der Waals surface area contributed by atoms with E-state index in [1.807, 2.05) is 24.3 Å². The van der Waals surface area contributed by atoms with Crippen LogP contribution in [-0.4, -0.2) is 16.1 Å². The summed E-state index contributed by atoms with van der Waals surface area (Å²) in [6, 6.07) is 10.9. The predicted octanol–water partition coefficient (Wildman–Crippen LogP) is 3.63. The third-order valence-corrected chi connectivity index (χ3v) is 3.94. The van der Waals surface area contributed by atoms with Crippen molar-refractivity contribution >= 4 is 46.2 Å². The number of hydrogen-bond donors (Lipinski definition) is 1. The number of pyridine rings is 1. The predicted molar refractivity (Wildman–Crippen MR) is 86.5 cm³/mol. The maximum atomic E-state index is 11.9. The van der Waals surface area contributed by atoms with E-state index in [1.54, 1.807) is 30.6 Å². The molecule has 0 saturated carbocycles. The molecule has 2 aromatic rings. The number of amidine groups is 1. The Morgan fingerprint density at radius 1 is 1.24 bits per heavy atom. The largest absolute Gasteiger partial charge is 0.300 e. The molecule has 1 aliphatic heterocycles. The summed E-state index contributed by atoms with van der Waals surface area (Å²) in [5, 5.41) is 3.79. The lowest BCUT2D eigenvalue weighted by Crippen LogP contribution is -2.19. The molecule has 1 aromatic heterocycles. The van der Waals surface area contributed by atoms with Gasteiger partial charge in [-0.3, -0.25) is 9.78 Å². The van der Waals surface area contributed by atoms with Crippen LogP contribution in [0.5, 0.6) is 0 Å². The number of amides is 1. The van der Waals surface area contributed by atoms with Gasteiger partial charge in [0.25, 0.3) is 5.91 Å². The molecule has 0 unspecified atom stereocenters. The number of hydrogen-bond acceptors (Lipinski definition) is 4. The topological polar surface area (TPSA) is 54.4 Å². The van der Waals surface area contributed by atoms with Gasteiger partial charge in [0.05, 0.1) is 15.6 Å². The molecule has 21 heavy (non-hydrogen) atoms. The van der Waals surface area contributed by atoms with Crippen LogP contribution in [0.3, 0.4) is 0 Å². The van der Waals surface area contributed by atoms with Crippen molar-refractivity contribution in [3.63, 3.8) is 0 Å². The number of benzene rings is 1. The minimum absolute atomic E-state index is 0.172. The molecule has 4 nitrogen and oxygen atoms in total. The molecule has 1 amide bonds. The third kappa shape index (κ3) is 3.32. The number of aliphatic imine (C=N–C) groups is 1. The van der Waals surface area contributed by atoms with Gasteiger partial charge < -0.3 is 5.32 Å². The first-order chi connectivity index (χ1) is 10.2. The van der Waals surface area contributed by atoms with E-state index in [0.29, 0.717) is 20.8 Å². The maximum absolute atomic E-state index is 11.9. The number of carbonyl (C=O) groups is 1. The van der Waals surface area contributed by atoms with E-state index in [9.17, 15) is 4.79 Å². The Kier molecular flexibility index (Phi) is 4.03. The van der Waals surface area contributed by atoms with Crippen molar-refractivity contribution in [1.29, 1.82) is 0 Å². The lowest BCUT2D eigenvalue weighted by Gasteiger charge is -1.98. The van der Waals surface area contributed by atoms with E-state index in [-0.39, 0.29) is 5.91 Å². The Bertz CT molecular complexity index is 744. The quantitative estimate of drug-likeness (QED) is 0.861. The van der Waals surface area contributed by atoms with Gasteiger partial charge in [-0.05, 0) is 41.6 Å². The van der Waals surface area contributed by atoms with Crippen LogP contribution in [-0.2, 0) is 4.79 Å². The van der Waals surface area contributed by atoms with Crippen molar-refractivity contribution in [3.05, 3.63) is 64.3 Å².